The first-order chi connectivity index (χ1) is 34.5. The minimum atomic E-state index is -0.781. The van der Waals surface area contributed by atoms with Crippen LogP contribution in [0.15, 0.2) is 72.9 Å². The number of hydrogen-bond acceptors (Lipinski definition) is 6. The van der Waals surface area contributed by atoms with Crippen LogP contribution in [0.4, 0.5) is 0 Å². The molecule has 0 spiro atoms. The van der Waals surface area contributed by atoms with Gasteiger partial charge in [-0.15, -0.1) is 0 Å². The van der Waals surface area contributed by atoms with E-state index in [0.29, 0.717) is 19.3 Å². The van der Waals surface area contributed by atoms with Gasteiger partial charge in [0.1, 0.15) is 13.2 Å². The van der Waals surface area contributed by atoms with Crippen molar-refractivity contribution < 1.29 is 28.6 Å². The van der Waals surface area contributed by atoms with Crippen LogP contribution in [0.5, 0.6) is 0 Å². The summed E-state index contributed by atoms with van der Waals surface area (Å²) in [6.45, 7) is 6.56. The average Bonchev–Trinajstić information content (AvgIpc) is 3.36. The summed E-state index contributed by atoms with van der Waals surface area (Å²) in [5, 5.41) is 0. The summed E-state index contributed by atoms with van der Waals surface area (Å²) in [6.07, 6.45) is 75.0. The van der Waals surface area contributed by atoms with Crippen LogP contribution in [0.2, 0.25) is 0 Å². The lowest BCUT2D eigenvalue weighted by Crippen LogP contribution is -2.30. The van der Waals surface area contributed by atoms with Crippen LogP contribution in [0, 0.1) is 0 Å². The van der Waals surface area contributed by atoms with Gasteiger partial charge in [0.15, 0.2) is 6.10 Å². The molecule has 0 rings (SSSR count). The zero-order valence-corrected chi connectivity index (χ0v) is 46.3. The number of hydrogen-bond donors (Lipinski definition) is 0. The molecule has 0 saturated carbocycles. The third-order valence-electron chi connectivity index (χ3n) is 12.9. The summed E-state index contributed by atoms with van der Waals surface area (Å²) < 4.78 is 16.8. The highest BCUT2D eigenvalue weighted by Crippen LogP contribution is 2.15. The molecule has 0 aliphatic heterocycles. The van der Waals surface area contributed by atoms with E-state index >= 15 is 0 Å². The molecule has 0 fully saturated rings. The van der Waals surface area contributed by atoms with E-state index in [4.69, 9.17) is 14.2 Å². The van der Waals surface area contributed by atoms with Crippen molar-refractivity contribution >= 4 is 17.9 Å². The maximum absolute atomic E-state index is 12.8. The van der Waals surface area contributed by atoms with Gasteiger partial charge in [0.2, 0.25) is 0 Å². The molecule has 70 heavy (non-hydrogen) atoms. The van der Waals surface area contributed by atoms with Crippen molar-refractivity contribution in [2.45, 2.75) is 303 Å². The molecule has 0 aromatic heterocycles. The number of carbonyl (C=O) groups excluding carboxylic acids is 3. The van der Waals surface area contributed by atoms with Crippen LogP contribution < -0.4 is 0 Å². The van der Waals surface area contributed by atoms with Crippen molar-refractivity contribution in [2.75, 3.05) is 13.2 Å². The van der Waals surface area contributed by atoms with Gasteiger partial charge in [0.25, 0.3) is 0 Å². The van der Waals surface area contributed by atoms with Crippen LogP contribution >= 0.6 is 0 Å². The van der Waals surface area contributed by atoms with E-state index in [9.17, 15) is 14.4 Å². The van der Waals surface area contributed by atoms with E-state index in [-0.39, 0.29) is 31.1 Å². The summed E-state index contributed by atoms with van der Waals surface area (Å²) in [7, 11) is 0. The molecule has 1 atom stereocenters. The topological polar surface area (TPSA) is 78.9 Å². The highest BCUT2D eigenvalue weighted by atomic mass is 16.6. The number of unbranched alkanes of at least 4 members (excludes halogenated alkanes) is 31. The SMILES string of the molecule is CCCCCCC/C=C\C/C=C\C/C=C\CCCCCCCCCCCCC(=O)OCC(COC(=O)CCCCCCCC)OC(=O)CCCCCCCC/C=C\C/C=C\C/C=C\CCCCCCC. The van der Waals surface area contributed by atoms with Gasteiger partial charge in [0, 0.05) is 19.3 Å². The Kier molecular flexibility index (Phi) is 55.8. The molecule has 0 heterocycles. The summed E-state index contributed by atoms with van der Waals surface area (Å²) in [6, 6.07) is 0. The number of esters is 3. The second-order valence-electron chi connectivity index (χ2n) is 19.9. The zero-order chi connectivity index (χ0) is 50.7. The Hall–Kier alpha value is -3.15. The second-order valence-corrected chi connectivity index (χ2v) is 19.9. The lowest BCUT2D eigenvalue weighted by Gasteiger charge is -2.18. The van der Waals surface area contributed by atoms with E-state index in [1.54, 1.807) is 0 Å². The lowest BCUT2D eigenvalue weighted by molar-refractivity contribution is -0.167. The molecule has 0 aromatic carbocycles. The van der Waals surface area contributed by atoms with Crippen molar-refractivity contribution in [2.24, 2.45) is 0 Å². The number of rotatable bonds is 54. The van der Waals surface area contributed by atoms with Gasteiger partial charge in [0.05, 0.1) is 0 Å². The molecule has 0 aliphatic rings. The predicted octanol–water partition coefficient (Wildman–Crippen LogP) is 20.2. The quantitative estimate of drug-likeness (QED) is 0.0261. The average molecular weight is 978 g/mol. The van der Waals surface area contributed by atoms with Crippen LogP contribution in [0.1, 0.15) is 297 Å². The first-order valence-corrected chi connectivity index (χ1v) is 29.9. The van der Waals surface area contributed by atoms with Gasteiger partial charge in [-0.05, 0) is 96.3 Å². The molecule has 0 aliphatic carbocycles. The Morgan fingerprint density at radius 2 is 0.514 bits per heavy atom. The van der Waals surface area contributed by atoms with Crippen molar-refractivity contribution in [1.82, 2.24) is 0 Å². The third kappa shape index (κ3) is 55.8. The van der Waals surface area contributed by atoms with Crippen LogP contribution in [-0.4, -0.2) is 37.2 Å². The maximum Gasteiger partial charge on any atom is 0.306 e. The smallest absolute Gasteiger partial charge is 0.306 e. The molecule has 1 unspecified atom stereocenters. The number of allylic oxidation sites excluding steroid dienone is 12. The van der Waals surface area contributed by atoms with Gasteiger partial charge >= 0.3 is 17.9 Å². The van der Waals surface area contributed by atoms with Crippen LogP contribution in [0.25, 0.3) is 0 Å². The third-order valence-corrected chi connectivity index (χ3v) is 12.9. The maximum atomic E-state index is 12.8. The van der Waals surface area contributed by atoms with E-state index in [1.807, 2.05) is 0 Å². The fourth-order valence-corrected chi connectivity index (χ4v) is 8.40. The van der Waals surface area contributed by atoms with Crippen molar-refractivity contribution in [3.63, 3.8) is 0 Å². The van der Waals surface area contributed by atoms with Gasteiger partial charge < -0.3 is 14.2 Å². The highest BCUT2D eigenvalue weighted by Gasteiger charge is 2.19. The standard InChI is InChI=1S/C64H112O6/c1-4-7-10-13-16-18-20-22-24-26-28-30-31-32-33-35-36-38-40-42-44-46-48-51-54-57-63(66)69-60-61(59-68-62(65)56-53-50-15-12-9-6-3)70-64(67)58-55-52-49-47-45-43-41-39-37-34-29-27-25-23-21-19-17-14-11-8-5-2/h20-23,26-29,31-32,37,39,61H,4-19,24-25,30,33-36,38,40-60H2,1-3H3/b22-20-,23-21-,28-26-,29-27-,32-31-,39-37-. The Bertz CT molecular complexity index is 1310. The summed E-state index contributed by atoms with van der Waals surface area (Å²) >= 11 is 0. The summed E-state index contributed by atoms with van der Waals surface area (Å²) in [4.78, 5) is 37.9. The van der Waals surface area contributed by atoms with E-state index in [2.05, 4.69) is 93.7 Å². The highest BCUT2D eigenvalue weighted by molar-refractivity contribution is 5.71. The van der Waals surface area contributed by atoms with Gasteiger partial charge in [-0.2, -0.15) is 0 Å². The molecular formula is C64H112O6. The molecule has 0 aromatic rings. The minimum absolute atomic E-state index is 0.0816. The van der Waals surface area contributed by atoms with E-state index in [1.165, 1.54) is 161 Å². The molecule has 0 amide bonds. The van der Waals surface area contributed by atoms with Crippen molar-refractivity contribution in [3.8, 4) is 0 Å². The molecule has 404 valence electrons. The second kappa shape index (κ2) is 58.4. The fraction of sp³-hybridized carbons (Fsp3) is 0.766. The molecule has 0 N–H and O–H groups in total. The molecule has 0 saturated heterocycles. The lowest BCUT2D eigenvalue weighted by atomic mass is 10.1. The van der Waals surface area contributed by atoms with E-state index < -0.39 is 6.10 Å². The van der Waals surface area contributed by atoms with Gasteiger partial charge in [-0.1, -0.05) is 254 Å². The molecule has 0 bridgehead atoms. The van der Waals surface area contributed by atoms with Crippen LogP contribution in [0.3, 0.4) is 0 Å². The first kappa shape index (κ1) is 66.9. The fourth-order valence-electron chi connectivity index (χ4n) is 8.40. The molecular weight excluding hydrogens is 865 g/mol. The first-order valence-electron chi connectivity index (χ1n) is 29.9. The number of carbonyl (C=O) groups is 3. The Labute approximate surface area is 433 Å². The van der Waals surface area contributed by atoms with Gasteiger partial charge in [-0.25, -0.2) is 0 Å². The predicted molar refractivity (Wildman–Crippen MR) is 302 cm³/mol. The van der Waals surface area contributed by atoms with E-state index in [0.717, 1.165) is 96.3 Å². The molecule has 6 nitrogen and oxygen atoms in total. The van der Waals surface area contributed by atoms with Gasteiger partial charge in [-0.3, -0.25) is 14.4 Å². The normalized spacial score (nSPS) is 12.6. The monoisotopic (exact) mass is 977 g/mol. The number of ether oxygens (including phenoxy) is 3. The molecule has 6 heteroatoms. The zero-order valence-electron chi connectivity index (χ0n) is 46.3. The minimum Gasteiger partial charge on any atom is -0.462 e. The Balaban J connectivity index is 4.16. The van der Waals surface area contributed by atoms with Crippen LogP contribution in [-0.2, 0) is 28.6 Å². The summed E-state index contributed by atoms with van der Waals surface area (Å²) in [5.74, 6) is -0.900. The largest absolute Gasteiger partial charge is 0.462 e. The van der Waals surface area contributed by atoms with Crippen molar-refractivity contribution in [3.05, 3.63) is 72.9 Å². The molecule has 0 radical (unpaired) electrons. The van der Waals surface area contributed by atoms with Crippen molar-refractivity contribution in [1.29, 1.82) is 0 Å². The Morgan fingerprint density at radius 1 is 0.286 bits per heavy atom. The summed E-state index contributed by atoms with van der Waals surface area (Å²) in [5.41, 5.74) is 0. The Morgan fingerprint density at radius 3 is 0.800 bits per heavy atom.